The van der Waals surface area contributed by atoms with Gasteiger partial charge in [-0.3, -0.25) is 4.79 Å². The Morgan fingerprint density at radius 1 is 1.53 bits per heavy atom. The summed E-state index contributed by atoms with van der Waals surface area (Å²) in [5.41, 5.74) is 6.65. The Balaban J connectivity index is 2.18. The molecule has 0 saturated carbocycles. The highest BCUT2D eigenvalue weighted by Gasteiger charge is 2.17. The van der Waals surface area contributed by atoms with E-state index in [2.05, 4.69) is 27.5 Å². The number of nitrogens with one attached hydrogen (secondary N) is 1. The lowest BCUT2D eigenvalue weighted by Gasteiger charge is -2.03. The van der Waals surface area contributed by atoms with Crippen LogP contribution in [0.1, 0.15) is 16.1 Å². The van der Waals surface area contributed by atoms with Crippen LogP contribution in [0.3, 0.4) is 0 Å². The molecule has 0 saturated heterocycles. The molecule has 1 heterocycles. The van der Waals surface area contributed by atoms with Gasteiger partial charge in [-0.1, -0.05) is 22.0 Å². The van der Waals surface area contributed by atoms with E-state index >= 15 is 0 Å². The smallest absolute Gasteiger partial charge is 0.263 e. The number of hydrogen-bond acceptors (Lipinski definition) is 4. The third kappa shape index (κ3) is 3.24. The van der Waals surface area contributed by atoms with Crippen LogP contribution in [0, 0.1) is 0 Å². The van der Waals surface area contributed by atoms with Crippen LogP contribution in [0.25, 0.3) is 10.1 Å². The Kier molecular flexibility index (Phi) is 5.13. The predicted octanol–water partition coefficient (Wildman–Crippen LogP) is 3.73. The highest BCUT2D eigenvalue weighted by atomic mass is 79.9. The zero-order valence-corrected chi connectivity index (χ0v) is 13.8. The van der Waals surface area contributed by atoms with Crippen molar-refractivity contribution in [2.75, 3.05) is 24.3 Å². The fraction of sp³-hybridized carbons (Fsp3) is 0.308. The van der Waals surface area contributed by atoms with Crippen LogP contribution in [0.4, 0.5) is 5.69 Å². The summed E-state index contributed by atoms with van der Waals surface area (Å²) in [5.74, 6) is 0.972. The van der Waals surface area contributed by atoms with Gasteiger partial charge in [0.15, 0.2) is 0 Å². The number of carbonyl (C=O) groups excluding carboxylic acids is 1. The average Bonchev–Trinajstić information content (AvgIpc) is 2.73. The molecule has 3 nitrogen and oxygen atoms in total. The summed E-state index contributed by atoms with van der Waals surface area (Å²) in [7, 11) is 0. The molecule has 0 aliphatic rings. The van der Waals surface area contributed by atoms with Crippen molar-refractivity contribution in [3.63, 3.8) is 0 Å². The Hall–Kier alpha value is -0.720. The van der Waals surface area contributed by atoms with Gasteiger partial charge in [0.05, 0.1) is 5.69 Å². The number of amides is 1. The largest absolute Gasteiger partial charge is 0.397 e. The van der Waals surface area contributed by atoms with Gasteiger partial charge in [-0.25, -0.2) is 0 Å². The number of benzene rings is 1. The average molecular weight is 359 g/mol. The summed E-state index contributed by atoms with van der Waals surface area (Å²) in [5, 5.41) is 3.85. The van der Waals surface area contributed by atoms with E-state index in [1.54, 1.807) is 11.8 Å². The van der Waals surface area contributed by atoms with Crippen molar-refractivity contribution in [3.8, 4) is 0 Å². The van der Waals surface area contributed by atoms with E-state index in [0.29, 0.717) is 17.1 Å². The molecule has 0 aliphatic carbocycles. The minimum absolute atomic E-state index is 0.0771. The minimum Gasteiger partial charge on any atom is -0.397 e. The maximum atomic E-state index is 12.1. The van der Waals surface area contributed by atoms with Crippen molar-refractivity contribution in [2.24, 2.45) is 0 Å². The molecule has 0 bridgehead atoms. The standard InChI is InChI=1S/C13H15BrN2OS2/c1-18-7-3-6-16-13(17)12-11(15)10-8(14)4-2-5-9(10)19-12/h2,4-5H,3,6-7,15H2,1H3,(H,16,17). The second kappa shape index (κ2) is 6.63. The number of carbonyl (C=O) groups is 1. The second-order valence-electron chi connectivity index (χ2n) is 4.06. The topological polar surface area (TPSA) is 55.1 Å². The van der Waals surface area contributed by atoms with E-state index in [9.17, 15) is 4.79 Å². The Morgan fingerprint density at radius 3 is 3.00 bits per heavy atom. The first kappa shape index (κ1) is 14.7. The summed E-state index contributed by atoms with van der Waals surface area (Å²) in [6.07, 6.45) is 3.03. The van der Waals surface area contributed by atoms with Gasteiger partial charge in [0.2, 0.25) is 0 Å². The van der Waals surface area contributed by atoms with E-state index < -0.39 is 0 Å². The van der Waals surface area contributed by atoms with E-state index in [1.807, 2.05) is 18.2 Å². The summed E-state index contributed by atoms with van der Waals surface area (Å²) >= 11 is 6.69. The van der Waals surface area contributed by atoms with Crippen LogP contribution in [0.5, 0.6) is 0 Å². The SMILES string of the molecule is CSCCCNC(=O)c1sc2cccc(Br)c2c1N. The highest BCUT2D eigenvalue weighted by molar-refractivity contribution is 9.10. The van der Waals surface area contributed by atoms with Crippen LogP contribution in [-0.4, -0.2) is 24.5 Å². The third-order valence-corrected chi connectivity index (χ3v) is 5.25. The molecule has 1 aromatic carbocycles. The molecule has 19 heavy (non-hydrogen) atoms. The van der Waals surface area contributed by atoms with Crippen molar-refractivity contribution < 1.29 is 4.79 Å². The molecule has 102 valence electrons. The molecule has 1 amide bonds. The number of anilines is 1. The monoisotopic (exact) mass is 358 g/mol. The number of nitrogens with two attached hydrogens (primary N) is 1. The molecular formula is C13H15BrN2OS2. The Bertz CT molecular complexity index is 598. The highest BCUT2D eigenvalue weighted by Crippen LogP contribution is 2.37. The van der Waals surface area contributed by atoms with Crippen LogP contribution in [0.15, 0.2) is 22.7 Å². The zero-order chi connectivity index (χ0) is 13.8. The van der Waals surface area contributed by atoms with E-state index in [1.165, 1.54) is 11.3 Å². The molecule has 2 aromatic rings. The van der Waals surface area contributed by atoms with Crippen LogP contribution in [-0.2, 0) is 0 Å². The summed E-state index contributed by atoms with van der Waals surface area (Å²) in [6.45, 7) is 0.689. The summed E-state index contributed by atoms with van der Waals surface area (Å²) in [4.78, 5) is 12.7. The Labute approximate surface area is 129 Å². The first-order valence-electron chi connectivity index (χ1n) is 5.88. The lowest BCUT2D eigenvalue weighted by atomic mass is 10.2. The van der Waals surface area contributed by atoms with Crippen LogP contribution < -0.4 is 11.1 Å². The van der Waals surface area contributed by atoms with Crippen LogP contribution >= 0.6 is 39.0 Å². The number of thiophene rings is 1. The fourth-order valence-corrected chi connectivity index (χ4v) is 4.01. The van der Waals surface area contributed by atoms with Gasteiger partial charge in [-0.05, 0) is 30.6 Å². The predicted molar refractivity (Wildman–Crippen MR) is 89.3 cm³/mol. The Morgan fingerprint density at radius 2 is 2.32 bits per heavy atom. The van der Waals surface area contributed by atoms with Crippen molar-refractivity contribution >= 4 is 60.7 Å². The number of hydrogen-bond donors (Lipinski definition) is 2. The van der Waals surface area contributed by atoms with Crippen LogP contribution in [0.2, 0.25) is 0 Å². The molecule has 0 aliphatic heterocycles. The summed E-state index contributed by atoms with van der Waals surface area (Å²) < 4.78 is 1.96. The van der Waals surface area contributed by atoms with E-state index in [-0.39, 0.29) is 5.91 Å². The van der Waals surface area contributed by atoms with Gasteiger partial charge in [-0.15, -0.1) is 11.3 Å². The zero-order valence-electron chi connectivity index (χ0n) is 10.5. The maximum Gasteiger partial charge on any atom is 0.263 e. The third-order valence-electron chi connectivity index (χ3n) is 2.72. The maximum absolute atomic E-state index is 12.1. The molecule has 0 atom stereocenters. The molecule has 0 spiro atoms. The van der Waals surface area contributed by atoms with Gasteiger partial charge < -0.3 is 11.1 Å². The van der Waals surface area contributed by atoms with Gasteiger partial charge in [0.25, 0.3) is 5.91 Å². The normalized spacial score (nSPS) is 10.8. The molecule has 2 rings (SSSR count). The fourth-order valence-electron chi connectivity index (χ4n) is 1.80. The van der Waals surface area contributed by atoms with E-state index in [4.69, 9.17) is 5.73 Å². The van der Waals surface area contributed by atoms with Gasteiger partial charge >= 0.3 is 0 Å². The molecular weight excluding hydrogens is 344 g/mol. The van der Waals surface area contributed by atoms with Gasteiger partial charge in [0, 0.05) is 21.1 Å². The number of rotatable bonds is 5. The molecule has 0 unspecified atom stereocenters. The first-order chi connectivity index (χ1) is 9.15. The number of fused-ring (bicyclic) bond motifs is 1. The lowest BCUT2D eigenvalue weighted by molar-refractivity contribution is 0.0958. The summed E-state index contributed by atoms with van der Waals surface area (Å²) in [6, 6.07) is 5.86. The number of halogens is 1. The molecule has 6 heteroatoms. The van der Waals surface area contributed by atoms with Gasteiger partial charge in [-0.2, -0.15) is 11.8 Å². The van der Waals surface area contributed by atoms with Crippen molar-refractivity contribution in [1.29, 1.82) is 0 Å². The first-order valence-corrected chi connectivity index (χ1v) is 8.89. The molecule has 3 N–H and O–H groups in total. The van der Waals surface area contributed by atoms with E-state index in [0.717, 1.165) is 26.7 Å². The van der Waals surface area contributed by atoms with Gasteiger partial charge in [0.1, 0.15) is 4.88 Å². The quantitative estimate of drug-likeness (QED) is 0.800. The second-order valence-corrected chi connectivity index (χ2v) is 6.95. The molecule has 0 fully saturated rings. The van der Waals surface area contributed by atoms with Crippen molar-refractivity contribution in [2.45, 2.75) is 6.42 Å². The number of thioether (sulfide) groups is 1. The molecule has 1 aromatic heterocycles. The lowest BCUT2D eigenvalue weighted by Crippen LogP contribution is -2.24. The number of nitrogen functional groups attached to an aromatic ring is 1. The van der Waals surface area contributed by atoms with Crippen molar-refractivity contribution in [3.05, 3.63) is 27.5 Å². The molecule has 0 radical (unpaired) electrons. The van der Waals surface area contributed by atoms with Crippen molar-refractivity contribution in [1.82, 2.24) is 5.32 Å². The minimum atomic E-state index is -0.0771.